The van der Waals surface area contributed by atoms with Gasteiger partial charge in [0.05, 0.1) is 0 Å². The summed E-state index contributed by atoms with van der Waals surface area (Å²) in [5.74, 6) is 2.23. The summed E-state index contributed by atoms with van der Waals surface area (Å²) in [6, 6.07) is 7.90. The fourth-order valence-electron chi connectivity index (χ4n) is 2.91. The van der Waals surface area contributed by atoms with Gasteiger partial charge in [-0.05, 0) is 24.5 Å². The van der Waals surface area contributed by atoms with E-state index in [1.165, 1.54) is 5.56 Å². The highest BCUT2D eigenvalue weighted by molar-refractivity contribution is 7.99. The number of carbonyl (C=O) groups excluding carboxylic acids is 2. The van der Waals surface area contributed by atoms with Crippen molar-refractivity contribution in [1.82, 2.24) is 4.90 Å². The summed E-state index contributed by atoms with van der Waals surface area (Å²) < 4.78 is 0. The lowest BCUT2D eigenvalue weighted by Crippen LogP contribution is -2.38. The van der Waals surface area contributed by atoms with Crippen LogP contribution in [0.25, 0.3) is 0 Å². The predicted molar refractivity (Wildman–Crippen MR) is 85.4 cm³/mol. The highest BCUT2D eigenvalue weighted by Crippen LogP contribution is 2.27. The number of thioether (sulfide) groups is 1. The molecule has 0 bridgehead atoms. The van der Waals surface area contributed by atoms with Crippen LogP contribution in [-0.2, 0) is 16.0 Å². The van der Waals surface area contributed by atoms with Crippen molar-refractivity contribution in [2.45, 2.75) is 19.3 Å². The molecule has 4 nitrogen and oxygen atoms in total. The monoisotopic (exact) mass is 304 g/mol. The highest BCUT2D eigenvalue weighted by atomic mass is 32.2. The number of rotatable bonds is 3. The van der Waals surface area contributed by atoms with Crippen LogP contribution in [0.15, 0.2) is 24.3 Å². The summed E-state index contributed by atoms with van der Waals surface area (Å²) in [7, 11) is 0. The molecule has 0 radical (unpaired) electrons. The molecule has 0 saturated carbocycles. The molecule has 2 aliphatic heterocycles. The van der Waals surface area contributed by atoms with Crippen LogP contribution in [0.3, 0.4) is 0 Å². The second-order valence-electron chi connectivity index (χ2n) is 5.58. The average Bonchev–Trinajstić information content (AvgIpc) is 2.53. The lowest BCUT2D eigenvalue weighted by atomic mass is 9.89. The molecule has 2 aliphatic rings. The van der Waals surface area contributed by atoms with Gasteiger partial charge < -0.3 is 10.2 Å². The molecule has 1 fully saturated rings. The summed E-state index contributed by atoms with van der Waals surface area (Å²) >= 11 is 1.90. The number of hydrogen-bond acceptors (Lipinski definition) is 3. The number of hydrogen-bond donors (Lipinski definition) is 1. The normalized spacial score (nSPS) is 21.6. The molecule has 1 aromatic rings. The van der Waals surface area contributed by atoms with Gasteiger partial charge in [0.25, 0.3) is 0 Å². The standard InChI is InChI=1S/C16H20N2O2S/c19-15(18-7-9-21-10-8-18)6-5-13-11-12-3-1-2-4-14(12)17-16(13)20/h1-4,13H,5-11H2,(H,17,20)/t13-/m1/s1. The lowest BCUT2D eigenvalue weighted by Gasteiger charge is -2.28. The van der Waals surface area contributed by atoms with E-state index in [9.17, 15) is 9.59 Å². The molecule has 1 aromatic carbocycles. The van der Waals surface area contributed by atoms with Crippen molar-refractivity contribution in [1.29, 1.82) is 0 Å². The van der Waals surface area contributed by atoms with Crippen molar-refractivity contribution in [3.05, 3.63) is 29.8 Å². The van der Waals surface area contributed by atoms with Crippen LogP contribution >= 0.6 is 11.8 Å². The van der Waals surface area contributed by atoms with Gasteiger partial charge in [0.2, 0.25) is 11.8 Å². The smallest absolute Gasteiger partial charge is 0.227 e. The Labute approximate surface area is 129 Å². The molecule has 112 valence electrons. The third-order valence-corrected chi connectivity index (χ3v) is 5.13. The first-order valence-corrected chi connectivity index (χ1v) is 8.64. The van der Waals surface area contributed by atoms with Gasteiger partial charge in [-0.25, -0.2) is 0 Å². The van der Waals surface area contributed by atoms with Gasteiger partial charge in [-0.2, -0.15) is 11.8 Å². The molecule has 2 amide bonds. The summed E-state index contributed by atoms with van der Waals surface area (Å²) in [6.07, 6.45) is 1.86. The Morgan fingerprint density at radius 2 is 2.05 bits per heavy atom. The van der Waals surface area contributed by atoms with Crippen LogP contribution in [0.4, 0.5) is 5.69 Å². The molecule has 3 rings (SSSR count). The van der Waals surface area contributed by atoms with Crippen LogP contribution in [0.5, 0.6) is 0 Å². The molecule has 0 aromatic heterocycles. The van der Waals surface area contributed by atoms with E-state index in [-0.39, 0.29) is 17.7 Å². The highest BCUT2D eigenvalue weighted by Gasteiger charge is 2.27. The summed E-state index contributed by atoms with van der Waals surface area (Å²) in [4.78, 5) is 26.2. The number of amides is 2. The number of para-hydroxylation sites is 1. The minimum Gasteiger partial charge on any atom is -0.341 e. The number of nitrogens with zero attached hydrogens (tertiary/aromatic N) is 1. The maximum atomic E-state index is 12.2. The molecule has 1 N–H and O–H groups in total. The molecular formula is C16H20N2O2S. The van der Waals surface area contributed by atoms with Crippen LogP contribution in [0.2, 0.25) is 0 Å². The second-order valence-corrected chi connectivity index (χ2v) is 6.80. The molecule has 0 spiro atoms. The van der Waals surface area contributed by atoms with Crippen LogP contribution in [0.1, 0.15) is 18.4 Å². The van der Waals surface area contributed by atoms with E-state index in [4.69, 9.17) is 0 Å². The molecule has 2 heterocycles. The van der Waals surface area contributed by atoms with E-state index >= 15 is 0 Å². The largest absolute Gasteiger partial charge is 0.341 e. The Balaban J connectivity index is 1.56. The summed E-state index contributed by atoms with van der Waals surface area (Å²) in [5.41, 5.74) is 2.09. The van der Waals surface area contributed by atoms with Crippen LogP contribution < -0.4 is 5.32 Å². The maximum absolute atomic E-state index is 12.2. The Bertz CT molecular complexity index is 541. The van der Waals surface area contributed by atoms with Gasteiger partial charge >= 0.3 is 0 Å². The van der Waals surface area contributed by atoms with Gasteiger partial charge in [0.15, 0.2) is 0 Å². The van der Waals surface area contributed by atoms with Crippen molar-refractivity contribution in [3.63, 3.8) is 0 Å². The lowest BCUT2D eigenvalue weighted by molar-refractivity contribution is -0.131. The number of benzene rings is 1. The average molecular weight is 304 g/mol. The van der Waals surface area contributed by atoms with Crippen molar-refractivity contribution < 1.29 is 9.59 Å². The molecule has 0 unspecified atom stereocenters. The minimum absolute atomic E-state index is 0.0516. The number of fused-ring (bicyclic) bond motifs is 1. The van der Waals surface area contributed by atoms with Gasteiger partial charge in [-0.15, -0.1) is 0 Å². The molecule has 1 saturated heterocycles. The molecule has 5 heteroatoms. The molecule has 1 atom stereocenters. The first kappa shape index (κ1) is 14.4. The number of carbonyl (C=O) groups is 2. The summed E-state index contributed by atoms with van der Waals surface area (Å²) in [6.45, 7) is 1.70. The van der Waals surface area contributed by atoms with E-state index in [1.54, 1.807) is 0 Å². The first-order valence-electron chi connectivity index (χ1n) is 7.48. The Kier molecular flexibility index (Phi) is 4.48. The van der Waals surface area contributed by atoms with Crippen molar-refractivity contribution >= 4 is 29.3 Å². The second kappa shape index (κ2) is 6.52. The van der Waals surface area contributed by atoms with Gasteiger partial charge in [0, 0.05) is 42.6 Å². The first-order chi connectivity index (χ1) is 10.2. The van der Waals surface area contributed by atoms with E-state index in [0.717, 1.165) is 36.7 Å². The zero-order valence-electron chi connectivity index (χ0n) is 12.0. The summed E-state index contributed by atoms with van der Waals surface area (Å²) in [5, 5.41) is 2.95. The Morgan fingerprint density at radius 3 is 2.86 bits per heavy atom. The number of anilines is 1. The van der Waals surface area contributed by atoms with E-state index < -0.39 is 0 Å². The minimum atomic E-state index is -0.0805. The Morgan fingerprint density at radius 1 is 1.29 bits per heavy atom. The van der Waals surface area contributed by atoms with Gasteiger partial charge in [-0.1, -0.05) is 18.2 Å². The third-order valence-electron chi connectivity index (χ3n) is 4.18. The fraction of sp³-hybridized carbons (Fsp3) is 0.500. The van der Waals surface area contributed by atoms with Gasteiger partial charge in [0.1, 0.15) is 0 Å². The Hall–Kier alpha value is -1.49. The molecule has 21 heavy (non-hydrogen) atoms. The topological polar surface area (TPSA) is 49.4 Å². The van der Waals surface area contributed by atoms with Crippen molar-refractivity contribution in [2.24, 2.45) is 5.92 Å². The van der Waals surface area contributed by atoms with Crippen LogP contribution in [-0.4, -0.2) is 41.3 Å². The molecular weight excluding hydrogens is 284 g/mol. The maximum Gasteiger partial charge on any atom is 0.227 e. The van der Waals surface area contributed by atoms with Crippen molar-refractivity contribution in [2.75, 3.05) is 29.9 Å². The zero-order valence-corrected chi connectivity index (χ0v) is 12.8. The van der Waals surface area contributed by atoms with E-state index in [0.29, 0.717) is 12.8 Å². The van der Waals surface area contributed by atoms with Crippen molar-refractivity contribution in [3.8, 4) is 0 Å². The zero-order chi connectivity index (χ0) is 14.7. The SMILES string of the molecule is O=C1Nc2ccccc2C[C@H]1CCC(=O)N1CCSCC1. The quantitative estimate of drug-likeness (QED) is 0.931. The third kappa shape index (κ3) is 3.40. The number of nitrogens with one attached hydrogen (secondary N) is 1. The predicted octanol–water partition coefficient (Wildman–Crippen LogP) is 2.15. The molecule has 0 aliphatic carbocycles. The van der Waals surface area contributed by atoms with Crippen LogP contribution in [0, 0.1) is 5.92 Å². The fourth-order valence-corrected chi connectivity index (χ4v) is 3.82. The van der Waals surface area contributed by atoms with E-state index in [2.05, 4.69) is 5.32 Å². The van der Waals surface area contributed by atoms with E-state index in [1.807, 2.05) is 40.9 Å². The van der Waals surface area contributed by atoms with Gasteiger partial charge in [-0.3, -0.25) is 9.59 Å².